The predicted molar refractivity (Wildman–Crippen MR) is 76.5 cm³/mol. The van der Waals surface area contributed by atoms with Gasteiger partial charge in [-0.2, -0.15) is 0 Å². The van der Waals surface area contributed by atoms with Gasteiger partial charge in [0.05, 0.1) is 0 Å². The molecule has 2 heterocycles. The first-order valence-corrected chi connectivity index (χ1v) is 8.60. The van der Waals surface area contributed by atoms with Gasteiger partial charge in [-0.15, -0.1) is 22.7 Å². The molecule has 0 bridgehead atoms. The van der Waals surface area contributed by atoms with Crippen LogP contribution in [-0.2, 0) is 23.0 Å². The van der Waals surface area contributed by atoms with Gasteiger partial charge in [0.25, 0.3) is 0 Å². The van der Waals surface area contributed by atoms with Crippen LogP contribution in [0.5, 0.6) is 0 Å². The minimum atomic E-state index is -3.44. The van der Waals surface area contributed by atoms with Crippen molar-refractivity contribution in [2.45, 2.75) is 24.1 Å². The number of sulfonamides is 1. The molecule has 2 aromatic rings. The number of nitrogens with one attached hydrogen (secondary N) is 1. The molecule has 0 unspecified atom stereocenters. The zero-order valence-electron chi connectivity index (χ0n) is 9.84. The molecule has 0 saturated heterocycles. The van der Waals surface area contributed by atoms with Crippen LogP contribution in [0.3, 0.4) is 0 Å². The van der Waals surface area contributed by atoms with Gasteiger partial charge in [0, 0.05) is 27.4 Å². The fourth-order valence-electron chi connectivity index (χ4n) is 1.42. The predicted octanol–water partition coefficient (Wildman–Crippen LogP) is 2.43. The molecule has 4 nitrogen and oxygen atoms in total. The Labute approximate surface area is 115 Å². The van der Waals surface area contributed by atoms with Crippen LogP contribution in [0, 0.1) is 0 Å². The Bertz CT molecular complexity index is 628. The summed E-state index contributed by atoms with van der Waals surface area (Å²) in [5, 5.41) is 1.62. The van der Waals surface area contributed by atoms with Crippen LogP contribution in [-0.4, -0.2) is 8.42 Å². The van der Waals surface area contributed by atoms with Gasteiger partial charge in [0.15, 0.2) is 0 Å². The zero-order valence-corrected chi connectivity index (χ0v) is 12.3. The fourth-order valence-corrected chi connectivity index (χ4v) is 4.54. The molecule has 0 aromatic carbocycles. The molecule has 0 fully saturated rings. The van der Waals surface area contributed by atoms with E-state index in [1.54, 1.807) is 16.7 Å². The standard InChI is InChI=1S/C11H14N2O2S3/c1-2-9-3-4-10(17-9)6-13-18(14,15)11-5-8(12)7-16-11/h3-5,7,13H,2,6,12H2,1H3. The number of thiophene rings is 2. The Morgan fingerprint density at radius 2 is 2.06 bits per heavy atom. The SMILES string of the molecule is CCc1ccc(CNS(=O)(=O)c2cc(N)cs2)s1. The summed E-state index contributed by atoms with van der Waals surface area (Å²) < 4.78 is 26.7. The highest BCUT2D eigenvalue weighted by Crippen LogP contribution is 2.22. The third-order valence-electron chi connectivity index (χ3n) is 2.36. The number of hydrogen-bond donors (Lipinski definition) is 2. The van der Waals surface area contributed by atoms with Gasteiger partial charge in [0.1, 0.15) is 4.21 Å². The normalized spacial score (nSPS) is 11.8. The van der Waals surface area contributed by atoms with Crippen molar-refractivity contribution in [2.24, 2.45) is 0 Å². The first-order chi connectivity index (χ1) is 8.51. The molecule has 0 aliphatic carbocycles. The van der Waals surface area contributed by atoms with Crippen molar-refractivity contribution in [1.29, 1.82) is 0 Å². The number of nitrogens with two attached hydrogens (primary N) is 1. The molecule has 0 spiro atoms. The lowest BCUT2D eigenvalue weighted by Gasteiger charge is -2.02. The molecule has 0 radical (unpaired) electrons. The Morgan fingerprint density at radius 3 is 2.61 bits per heavy atom. The van der Waals surface area contributed by atoms with Crippen LogP contribution in [0.4, 0.5) is 5.69 Å². The monoisotopic (exact) mass is 302 g/mol. The summed E-state index contributed by atoms with van der Waals surface area (Å²) in [5.41, 5.74) is 6.00. The van der Waals surface area contributed by atoms with E-state index in [0.29, 0.717) is 12.2 Å². The zero-order chi connectivity index (χ0) is 13.2. The van der Waals surface area contributed by atoms with E-state index in [4.69, 9.17) is 5.73 Å². The minimum absolute atomic E-state index is 0.257. The van der Waals surface area contributed by atoms with Crippen molar-refractivity contribution in [3.8, 4) is 0 Å². The number of rotatable bonds is 5. The summed E-state index contributed by atoms with van der Waals surface area (Å²) in [7, 11) is -3.44. The third kappa shape index (κ3) is 3.11. The van der Waals surface area contributed by atoms with E-state index < -0.39 is 10.0 Å². The van der Waals surface area contributed by atoms with Gasteiger partial charge in [0.2, 0.25) is 10.0 Å². The summed E-state index contributed by atoms with van der Waals surface area (Å²) >= 11 is 2.76. The summed E-state index contributed by atoms with van der Waals surface area (Å²) in [4.78, 5) is 2.27. The topological polar surface area (TPSA) is 72.2 Å². The van der Waals surface area contributed by atoms with Gasteiger partial charge in [-0.05, 0) is 24.6 Å². The van der Waals surface area contributed by atoms with E-state index in [-0.39, 0.29) is 4.21 Å². The maximum Gasteiger partial charge on any atom is 0.250 e. The summed E-state index contributed by atoms with van der Waals surface area (Å²) in [6.45, 7) is 2.40. The van der Waals surface area contributed by atoms with Gasteiger partial charge in [-0.3, -0.25) is 0 Å². The van der Waals surface area contributed by atoms with Crippen LogP contribution in [0.15, 0.2) is 27.8 Å². The Kier molecular flexibility index (Phi) is 4.06. The van der Waals surface area contributed by atoms with Crippen molar-refractivity contribution < 1.29 is 8.42 Å². The van der Waals surface area contributed by atoms with Gasteiger partial charge < -0.3 is 5.73 Å². The average molecular weight is 302 g/mol. The fraction of sp³-hybridized carbons (Fsp3) is 0.273. The molecule has 0 aliphatic rings. The van der Waals surface area contributed by atoms with Crippen LogP contribution in [0.2, 0.25) is 0 Å². The first-order valence-electron chi connectivity index (χ1n) is 5.42. The molecule has 18 heavy (non-hydrogen) atoms. The molecular formula is C11H14N2O2S3. The maximum absolute atomic E-state index is 11.9. The van der Waals surface area contributed by atoms with Crippen molar-refractivity contribution in [3.63, 3.8) is 0 Å². The third-order valence-corrected chi connectivity index (χ3v) is 6.45. The van der Waals surface area contributed by atoms with E-state index in [1.165, 1.54) is 10.9 Å². The molecular weight excluding hydrogens is 288 g/mol. The molecule has 2 aromatic heterocycles. The van der Waals surface area contributed by atoms with E-state index in [1.807, 2.05) is 12.1 Å². The van der Waals surface area contributed by atoms with Crippen LogP contribution < -0.4 is 10.5 Å². The second-order valence-corrected chi connectivity index (χ2v) is 7.90. The summed E-state index contributed by atoms with van der Waals surface area (Å²) in [6.07, 6.45) is 0.971. The largest absolute Gasteiger partial charge is 0.398 e. The summed E-state index contributed by atoms with van der Waals surface area (Å²) in [5.74, 6) is 0. The van der Waals surface area contributed by atoms with Crippen LogP contribution in [0.25, 0.3) is 0 Å². The molecule has 2 rings (SSSR count). The van der Waals surface area contributed by atoms with Gasteiger partial charge in [-0.25, -0.2) is 13.1 Å². The van der Waals surface area contributed by atoms with Crippen LogP contribution >= 0.6 is 22.7 Å². The Hall–Kier alpha value is -0.890. The molecule has 0 amide bonds. The van der Waals surface area contributed by atoms with Crippen molar-refractivity contribution >= 4 is 38.4 Å². The maximum atomic E-state index is 11.9. The van der Waals surface area contributed by atoms with Crippen LogP contribution in [0.1, 0.15) is 16.7 Å². The Morgan fingerprint density at radius 1 is 1.33 bits per heavy atom. The lowest BCUT2D eigenvalue weighted by atomic mass is 10.4. The van der Waals surface area contributed by atoms with E-state index in [9.17, 15) is 8.42 Å². The number of aryl methyl sites for hydroxylation is 1. The van der Waals surface area contributed by atoms with E-state index in [2.05, 4.69) is 11.6 Å². The second-order valence-electron chi connectivity index (χ2n) is 3.75. The highest BCUT2D eigenvalue weighted by Gasteiger charge is 2.16. The number of hydrogen-bond acceptors (Lipinski definition) is 5. The first kappa shape index (κ1) is 13.5. The molecule has 3 N–H and O–H groups in total. The molecule has 7 heteroatoms. The van der Waals surface area contributed by atoms with Crippen molar-refractivity contribution in [3.05, 3.63) is 33.3 Å². The van der Waals surface area contributed by atoms with Crippen molar-refractivity contribution in [1.82, 2.24) is 4.72 Å². The van der Waals surface area contributed by atoms with Gasteiger partial charge >= 0.3 is 0 Å². The minimum Gasteiger partial charge on any atom is -0.398 e. The smallest absolute Gasteiger partial charge is 0.250 e. The number of anilines is 1. The second kappa shape index (κ2) is 5.40. The Balaban J connectivity index is 2.05. The van der Waals surface area contributed by atoms with Crippen molar-refractivity contribution in [2.75, 3.05) is 5.73 Å². The quantitative estimate of drug-likeness (QED) is 0.891. The molecule has 0 aliphatic heterocycles. The number of nitrogen functional groups attached to an aromatic ring is 1. The van der Waals surface area contributed by atoms with E-state index >= 15 is 0 Å². The molecule has 0 saturated carbocycles. The van der Waals surface area contributed by atoms with Gasteiger partial charge in [-0.1, -0.05) is 6.92 Å². The highest BCUT2D eigenvalue weighted by atomic mass is 32.2. The average Bonchev–Trinajstić information content (AvgIpc) is 2.95. The molecule has 98 valence electrons. The summed E-state index contributed by atoms with van der Waals surface area (Å²) in [6, 6.07) is 5.45. The lowest BCUT2D eigenvalue weighted by Crippen LogP contribution is -2.21. The molecule has 0 atom stereocenters. The van der Waals surface area contributed by atoms with E-state index in [0.717, 1.165) is 22.6 Å². The lowest BCUT2D eigenvalue weighted by molar-refractivity contribution is 0.584. The highest BCUT2D eigenvalue weighted by molar-refractivity contribution is 7.91.